The molecule has 1 heterocycles. The highest BCUT2D eigenvalue weighted by Gasteiger charge is 2.18. The average Bonchev–Trinajstić information content (AvgIpc) is 2.34. The third-order valence-electron chi connectivity index (χ3n) is 2.93. The molecule has 1 atom stereocenters. The van der Waals surface area contributed by atoms with Gasteiger partial charge in [0.15, 0.2) is 0 Å². The second-order valence-corrected chi connectivity index (χ2v) is 4.54. The summed E-state index contributed by atoms with van der Waals surface area (Å²) in [6.07, 6.45) is 3.02. The lowest BCUT2D eigenvalue weighted by atomic mass is 10.1. The number of halogens is 1. The van der Waals surface area contributed by atoms with Crippen LogP contribution in [0.3, 0.4) is 0 Å². The van der Waals surface area contributed by atoms with Gasteiger partial charge in [-0.3, -0.25) is 14.2 Å². The summed E-state index contributed by atoms with van der Waals surface area (Å²) >= 11 is 5.61. The van der Waals surface area contributed by atoms with Gasteiger partial charge in [-0.15, -0.1) is 0 Å². The van der Waals surface area contributed by atoms with Crippen LogP contribution in [-0.2, 0) is 4.79 Å². The Bertz CT molecular complexity index is 469. The molecule has 0 radical (unpaired) electrons. The maximum Gasteiger partial charge on any atom is 0.255 e. The van der Waals surface area contributed by atoms with Crippen molar-refractivity contribution in [1.82, 2.24) is 14.9 Å². The Morgan fingerprint density at radius 2 is 2.11 bits per heavy atom. The predicted octanol–water partition coefficient (Wildman–Crippen LogP) is 1.76. The molecule has 100 valence electrons. The van der Waals surface area contributed by atoms with Gasteiger partial charge in [0.1, 0.15) is 11.2 Å². The van der Waals surface area contributed by atoms with Gasteiger partial charge in [-0.25, -0.2) is 4.98 Å². The summed E-state index contributed by atoms with van der Waals surface area (Å²) in [7, 11) is 0. The Labute approximate surface area is 111 Å². The molecule has 18 heavy (non-hydrogen) atoms. The van der Waals surface area contributed by atoms with E-state index in [9.17, 15) is 9.59 Å². The zero-order valence-corrected chi connectivity index (χ0v) is 11.6. The smallest absolute Gasteiger partial charge is 0.255 e. The highest BCUT2D eigenvalue weighted by atomic mass is 35.5. The van der Waals surface area contributed by atoms with Crippen LogP contribution < -0.4 is 10.9 Å². The van der Waals surface area contributed by atoms with Crippen LogP contribution in [0.25, 0.3) is 0 Å². The first-order chi connectivity index (χ1) is 8.49. The minimum absolute atomic E-state index is 0.129. The zero-order valence-electron chi connectivity index (χ0n) is 10.8. The summed E-state index contributed by atoms with van der Waals surface area (Å²) in [5.41, 5.74) is -0.331. The van der Waals surface area contributed by atoms with Gasteiger partial charge in [0, 0.05) is 12.1 Å². The summed E-state index contributed by atoms with van der Waals surface area (Å²) < 4.78 is 1.27. The van der Waals surface area contributed by atoms with Crippen LogP contribution in [0.5, 0.6) is 0 Å². The van der Waals surface area contributed by atoms with Crippen molar-refractivity contribution in [2.45, 2.75) is 45.7 Å². The number of aromatic nitrogens is 2. The van der Waals surface area contributed by atoms with Gasteiger partial charge in [0.05, 0.1) is 6.33 Å². The SMILES string of the molecule is CCC(CC)NC(=O)C(C)n1cnc(Cl)cc1=O. The topological polar surface area (TPSA) is 64.0 Å². The van der Waals surface area contributed by atoms with Crippen molar-refractivity contribution in [2.75, 3.05) is 0 Å². The molecule has 0 saturated heterocycles. The number of rotatable bonds is 5. The quantitative estimate of drug-likeness (QED) is 0.830. The third kappa shape index (κ3) is 3.57. The summed E-state index contributed by atoms with van der Waals surface area (Å²) in [4.78, 5) is 27.5. The molecule has 0 aliphatic rings. The second kappa shape index (κ2) is 6.54. The van der Waals surface area contributed by atoms with E-state index in [-0.39, 0.29) is 22.7 Å². The van der Waals surface area contributed by atoms with Crippen molar-refractivity contribution in [3.05, 3.63) is 27.9 Å². The Kier molecular flexibility index (Phi) is 5.34. The first-order valence-electron chi connectivity index (χ1n) is 6.03. The molecular weight excluding hydrogens is 254 g/mol. The van der Waals surface area contributed by atoms with Crippen LogP contribution in [0.2, 0.25) is 5.15 Å². The molecule has 1 unspecified atom stereocenters. The third-order valence-corrected chi connectivity index (χ3v) is 3.14. The number of nitrogens with one attached hydrogen (secondary N) is 1. The summed E-state index contributed by atoms with van der Waals surface area (Å²) in [5, 5.41) is 3.03. The van der Waals surface area contributed by atoms with Crippen molar-refractivity contribution in [3.8, 4) is 0 Å². The maximum atomic E-state index is 12.0. The molecular formula is C12H18ClN3O2. The Balaban J connectivity index is 2.83. The van der Waals surface area contributed by atoms with E-state index in [0.29, 0.717) is 0 Å². The minimum atomic E-state index is -0.595. The van der Waals surface area contributed by atoms with E-state index >= 15 is 0 Å². The highest BCUT2D eigenvalue weighted by molar-refractivity contribution is 6.29. The van der Waals surface area contributed by atoms with Crippen LogP contribution in [0.15, 0.2) is 17.2 Å². The van der Waals surface area contributed by atoms with E-state index < -0.39 is 6.04 Å². The molecule has 0 saturated carbocycles. The normalized spacial score (nSPS) is 12.5. The summed E-state index contributed by atoms with van der Waals surface area (Å²) in [6.45, 7) is 5.68. The van der Waals surface area contributed by atoms with Gasteiger partial charge in [0.25, 0.3) is 5.56 Å². The Morgan fingerprint density at radius 1 is 1.50 bits per heavy atom. The number of carbonyl (C=O) groups excluding carboxylic acids is 1. The van der Waals surface area contributed by atoms with E-state index in [1.807, 2.05) is 13.8 Å². The van der Waals surface area contributed by atoms with Crippen molar-refractivity contribution < 1.29 is 4.79 Å². The number of hydrogen-bond acceptors (Lipinski definition) is 3. The lowest BCUT2D eigenvalue weighted by Gasteiger charge is -2.19. The van der Waals surface area contributed by atoms with Crippen molar-refractivity contribution in [3.63, 3.8) is 0 Å². The molecule has 0 aliphatic heterocycles. The molecule has 1 aromatic heterocycles. The number of hydrogen-bond donors (Lipinski definition) is 1. The summed E-state index contributed by atoms with van der Waals surface area (Å²) in [5.74, 6) is -0.185. The van der Waals surface area contributed by atoms with Gasteiger partial charge in [-0.2, -0.15) is 0 Å². The fraction of sp³-hybridized carbons (Fsp3) is 0.583. The van der Waals surface area contributed by atoms with Gasteiger partial charge in [0.2, 0.25) is 5.91 Å². The molecule has 0 aliphatic carbocycles. The summed E-state index contributed by atoms with van der Waals surface area (Å²) in [6, 6.07) is 0.737. The number of amides is 1. The van der Waals surface area contributed by atoms with Gasteiger partial charge in [-0.05, 0) is 19.8 Å². The van der Waals surface area contributed by atoms with Gasteiger partial charge in [-0.1, -0.05) is 25.4 Å². The standard InChI is InChI=1S/C12H18ClN3O2/c1-4-9(5-2)15-12(18)8(3)16-7-14-10(13)6-11(16)17/h6-9H,4-5H2,1-3H3,(H,15,18). The van der Waals surface area contributed by atoms with Crippen LogP contribution >= 0.6 is 11.6 Å². The average molecular weight is 272 g/mol. The second-order valence-electron chi connectivity index (χ2n) is 4.16. The van der Waals surface area contributed by atoms with Crippen molar-refractivity contribution >= 4 is 17.5 Å². The lowest BCUT2D eigenvalue weighted by Crippen LogP contribution is -2.40. The van der Waals surface area contributed by atoms with Gasteiger partial charge < -0.3 is 5.32 Å². The van der Waals surface area contributed by atoms with E-state index in [1.165, 1.54) is 17.0 Å². The molecule has 6 heteroatoms. The van der Waals surface area contributed by atoms with E-state index in [1.54, 1.807) is 6.92 Å². The van der Waals surface area contributed by atoms with Crippen LogP contribution in [0.1, 0.15) is 39.7 Å². The molecule has 1 rings (SSSR count). The fourth-order valence-electron chi connectivity index (χ4n) is 1.62. The molecule has 0 bridgehead atoms. The number of carbonyl (C=O) groups is 1. The van der Waals surface area contributed by atoms with Crippen LogP contribution in [-0.4, -0.2) is 21.5 Å². The van der Waals surface area contributed by atoms with E-state index in [2.05, 4.69) is 10.3 Å². The lowest BCUT2D eigenvalue weighted by molar-refractivity contribution is -0.124. The Morgan fingerprint density at radius 3 is 2.61 bits per heavy atom. The van der Waals surface area contributed by atoms with E-state index in [4.69, 9.17) is 11.6 Å². The molecule has 1 aromatic rings. The zero-order chi connectivity index (χ0) is 13.7. The van der Waals surface area contributed by atoms with Crippen LogP contribution in [0, 0.1) is 0 Å². The Hall–Kier alpha value is -1.36. The highest BCUT2D eigenvalue weighted by Crippen LogP contribution is 2.06. The molecule has 1 amide bonds. The molecule has 1 N–H and O–H groups in total. The van der Waals surface area contributed by atoms with Crippen molar-refractivity contribution in [1.29, 1.82) is 0 Å². The molecule has 0 spiro atoms. The largest absolute Gasteiger partial charge is 0.352 e. The van der Waals surface area contributed by atoms with Crippen LogP contribution in [0.4, 0.5) is 0 Å². The molecule has 0 fully saturated rings. The van der Waals surface area contributed by atoms with Gasteiger partial charge >= 0.3 is 0 Å². The predicted molar refractivity (Wildman–Crippen MR) is 70.7 cm³/mol. The van der Waals surface area contributed by atoms with Crippen molar-refractivity contribution in [2.24, 2.45) is 0 Å². The fourth-order valence-corrected chi connectivity index (χ4v) is 1.76. The number of nitrogens with zero attached hydrogens (tertiary/aromatic N) is 2. The molecule has 5 nitrogen and oxygen atoms in total. The van der Waals surface area contributed by atoms with E-state index in [0.717, 1.165) is 12.8 Å². The molecule has 0 aromatic carbocycles. The monoisotopic (exact) mass is 271 g/mol. The first-order valence-corrected chi connectivity index (χ1v) is 6.41. The maximum absolute atomic E-state index is 12.0. The first kappa shape index (κ1) is 14.7. The minimum Gasteiger partial charge on any atom is -0.352 e.